The molecule has 0 aromatic carbocycles. The van der Waals surface area contributed by atoms with E-state index in [1.54, 1.807) is 33.8 Å². The van der Waals surface area contributed by atoms with Gasteiger partial charge in [0.1, 0.15) is 6.33 Å². The van der Waals surface area contributed by atoms with Crippen LogP contribution in [-0.2, 0) is 13.7 Å². The fraction of sp³-hybridized carbons (Fsp3) is 0.154. The number of fused-ring (bicyclic) bond motifs is 1. The van der Waals surface area contributed by atoms with Crippen molar-refractivity contribution in [2.24, 2.45) is 7.05 Å². The molecule has 0 aliphatic carbocycles. The van der Waals surface area contributed by atoms with Crippen molar-refractivity contribution < 1.29 is 4.74 Å². The second kappa shape index (κ2) is 5.19. The van der Waals surface area contributed by atoms with Crippen molar-refractivity contribution in [3.05, 3.63) is 41.2 Å². The van der Waals surface area contributed by atoms with E-state index in [1.165, 1.54) is 6.33 Å². The first kappa shape index (κ1) is 12.9. The molecule has 8 nitrogen and oxygen atoms in total. The van der Waals surface area contributed by atoms with Gasteiger partial charge in [-0.05, 0) is 28.5 Å². The summed E-state index contributed by atoms with van der Waals surface area (Å²) >= 11 is 1.64. The van der Waals surface area contributed by atoms with Gasteiger partial charge in [0, 0.05) is 12.6 Å². The number of rotatable bonds is 4. The summed E-state index contributed by atoms with van der Waals surface area (Å²) in [7, 11) is 1.80. The second-order valence-electron chi connectivity index (χ2n) is 4.60. The molecule has 0 bridgehead atoms. The third-order valence-electron chi connectivity index (χ3n) is 3.22. The molecule has 0 atom stereocenters. The third-order valence-corrected chi connectivity index (χ3v) is 3.91. The molecule has 0 saturated heterocycles. The van der Waals surface area contributed by atoms with Gasteiger partial charge in [-0.1, -0.05) is 5.10 Å². The third kappa shape index (κ3) is 2.21. The zero-order valence-electron chi connectivity index (χ0n) is 11.6. The van der Waals surface area contributed by atoms with Crippen LogP contribution in [0.15, 0.2) is 35.4 Å². The van der Waals surface area contributed by atoms with Crippen LogP contribution in [-0.4, -0.2) is 34.6 Å². The van der Waals surface area contributed by atoms with Gasteiger partial charge in [0.05, 0.1) is 6.20 Å². The molecule has 4 heterocycles. The Morgan fingerprint density at radius 3 is 2.95 bits per heavy atom. The normalized spacial score (nSPS) is 11.1. The van der Waals surface area contributed by atoms with Crippen LogP contribution >= 0.6 is 11.3 Å². The first-order valence-electron chi connectivity index (χ1n) is 6.51. The maximum Gasteiger partial charge on any atom is 0.339 e. The molecule has 22 heavy (non-hydrogen) atoms. The molecule has 0 unspecified atom stereocenters. The Hall–Kier alpha value is -2.81. The van der Waals surface area contributed by atoms with E-state index < -0.39 is 0 Å². The molecule has 9 heteroatoms. The van der Waals surface area contributed by atoms with E-state index in [0.717, 1.165) is 11.1 Å². The van der Waals surface area contributed by atoms with E-state index >= 15 is 0 Å². The monoisotopic (exact) mass is 313 g/mol. The summed E-state index contributed by atoms with van der Waals surface area (Å²) in [6.07, 6.45) is 3.25. The summed E-state index contributed by atoms with van der Waals surface area (Å²) in [6.45, 7) is 0.255. The molecule has 0 saturated carbocycles. The summed E-state index contributed by atoms with van der Waals surface area (Å²) in [6, 6.07) is 4.30. The number of thiophene rings is 1. The van der Waals surface area contributed by atoms with Crippen LogP contribution in [0.5, 0.6) is 6.01 Å². The van der Waals surface area contributed by atoms with Crippen LogP contribution in [0.2, 0.25) is 0 Å². The number of hydrogen-bond donors (Lipinski definition) is 0. The minimum atomic E-state index is 0.255. The fourth-order valence-electron chi connectivity index (χ4n) is 2.03. The number of nitrogens with zero attached hydrogens (tertiary/aromatic N) is 7. The molecule has 0 radical (unpaired) electrons. The first-order valence-corrected chi connectivity index (χ1v) is 7.45. The van der Waals surface area contributed by atoms with E-state index in [-0.39, 0.29) is 6.61 Å². The van der Waals surface area contributed by atoms with Crippen LogP contribution in [0.1, 0.15) is 5.82 Å². The van der Waals surface area contributed by atoms with Crippen molar-refractivity contribution in [2.45, 2.75) is 6.61 Å². The predicted octanol–water partition coefficient (Wildman–Crippen LogP) is 1.56. The smallest absolute Gasteiger partial charge is 0.339 e. The lowest BCUT2D eigenvalue weighted by Crippen LogP contribution is -2.06. The van der Waals surface area contributed by atoms with Crippen LogP contribution in [0.4, 0.5) is 0 Å². The molecule has 110 valence electrons. The predicted molar refractivity (Wildman–Crippen MR) is 79.4 cm³/mol. The molecule has 4 aromatic rings. The van der Waals surface area contributed by atoms with Crippen molar-refractivity contribution in [1.29, 1.82) is 0 Å². The number of hydrogen-bond acceptors (Lipinski definition) is 7. The molecule has 0 spiro atoms. The Bertz CT molecular complexity index is 912. The number of aryl methyl sites for hydroxylation is 1. The Labute approximate surface area is 129 Å². The topological polar surface area (TPSA) is 83.0 Å². The van der Waals surface area contributed by atoms with E-state index in [9.17, 15) is 0 Å². The average molecular weight is 313 g/mol. The standard InChI is InChI=1S/C13H11N7OS/c1-19-12(14-8-16-19)6-21-13-18-17-11-4-10(5-15-20(11)13)9-2-3-22-7-9/h2-5,7-8H,6H2,1H3. The Morgan fingerprint density at radius 1 is 1.23 bits per heavy atom. The van der Waals surface area contributed by atoms with E-state index in [4.69, 9.17) is 4.74 Å². The highest BCUT2D eigenvalue weighted by molar-refractivity contribution is 7.08. The Kier molecular flexibility index (Phi) is 3.04. The van der Waals surface area contributed by atoms with Gasteiger partial charge in [-0.3, -0.25) is 4.68 Å². The lowest BCUT2D eigenvalue weighted by molar-refractivity contribution is 0.260. The van der Waals surface area contributed by atoms with Crippen LogP contribution in [0, 0.1) is 0 Å². The zero-order valence-corrected chi connectivity index (χ0v) is 12.4. The van der Waals surface area contributed by atoms with E-state index in [2.05, 4.69) is 30.8 Å². The lowest BCUT2D eigenvalue weighted by atomic mass is 10.2. The molecular formula is C13H11N7OS. The van der Waals surface area contributed by atoms with Gasteiger partial charge in [-0.2, -0.15) is 26.0 Å². The van der Waals surface area contributed by atoms with Gasteiger partial charge in [-0.15, -0.1) is 5.10 Å². The van der Waals surface area contributed by atoms with Crippen LogP contribution < -0.4 is 4.74 Å². The maximum atomic E-state index is 5.62. The molecule has 0 aliphatic heterocycles. The Morgan fingerprint density at radius 2 is 2.18 bits per heavy atom. The largest absolute Gasteiger partial charge is 0.454 e. The fourth-order valence-corrected chi connectivity index (χ4v) is 2.69. The van der Waals surface area contributed by atoms with E-state index in [1.807, 2.05) is 17.5 Å². The summed E-state index contributed by atoms with van der Waals surface area (Å²) < 4.78 is 8.83. The van der Waals surface area contributed by atoms with Gasteiger partial charge in [0.25, 0.3) is 0 Å². The van der Waals surface area contributed by atoms with Gasteiger partial charge >= 0.3 is 6.01 Å². The average Bonchev–Trinajstić information content (AvgIpc) is 3.25. The molecule has 0 amide bonds. The van der Waals surface area contributed by atoms with Gasteiger partial charge in [0.2, 0.25) is 0 Å². The highest BCUT2D eigenvalue weighted by Gasteiger charge is 2.11. The zero-order chi connectivity index (χ0) is 14.9. The summed E-state index contributed by atoms with van der Waals surface area (Å²) in [5, 5.41) is 20.5. The quantitative estimate of drug-likeness (QED) is 0.568. The number of aromatic nitrogens is 7. The van der Waals surface area contributed by atoms with Crippen molar-refractivity contribution in [3.8, 4) is 17.1 Å². The summed E-state index contributed by atoms with van der Waals surface area (Å²) in [5.41, 5.74) is 2.75. The Balaban J connectivity index is 1.61. The van der Waals surface area contributed by atoms with E-state index in [0.29, 0.717) is 17.5 Å². The van der Waals surface area contributed by atoms with Crippen LogP contribution in [0.3, 0.4) is 0 Å². The van der Waals surface area contributed by atoms with Crippen molar-refractivity contribution in [1.82, 2.24) is 34.6 Å². The molecule has 4 rings (SSSR count). The van der Waals surface area contributed by atoms with Gasteiger partial charge < -0.3 is 4.74 Å². The van der Waals surface area contributed by atoms with Crippen LogP contribution in [0.25, 0.3) is 16.8 Å². The highest BCUT2D eigenvalue weighted by atomic mass is 32.1. The van der Waals surface area contributed by atoms with Crippen molar-refractivity contribution in [3.63, 3.8) is 0 Å². The SMILES string of the molecule is Cn1ncnc1COc1nnc2cc(-c3ccsc3)cnn12. The molecule has 0 aliphatic rings. The molecule has 4 aromatic heterocycles. The molecule has 0 fully saturated rings. The van der Waals surface area contributed by atoms with Crippen molar-refractivity contribution >= 4 is 17.0 Å². The van der Waals surface area contributed by atoms with Gasteiger partial charge in [0.15, 0.2) is 18.1 Å². The maximum absolute atomic E-state index is 5.62. The minimum Gasteiger partial charge on any atom is -0.454 e. The van der Waals surface area contributed by atoms with Crippen molar-refractivity contribution in [2.75, 3.05) is 0 Å². The summed E-state index contributed by atoms with van der Waals surface area (Å²) in [5.74, 6) is 0.701. The number of ether oxygens (including phenoxy) is 1. The lowest BCUT2D eigenvalue weighted by Gasteiger charge is -2.03. The molecule has 0 N–H and O–H groups in total. The first-order chi connectivity index (χ1) is 10.8. The minimum absolute atomic E-state index is 0.255. The second-order valence-corrected chi connectivity index (χ2v) is 5.38. The summed E-state index contributed by atoms with van der Waals surface area (Å²) in [4.78, 5) is 4.09. The highest BCUT2D eigenvalue weighted by Crippen LogP contribution is 2.23. The van der Waals surface area contributed by atoms with Gasteiger partial charge in [-0.25, -0.2) is 4.98 Å². The molecular weight excluding hydrogens is 302 g/mol.